The van der Waals surface area contributed by atoms with Crippen molar-refractivity contribution in [2.45, 2.75) is 71.1 Å². The minimum Gasteiger partial charge on any atom is -0.460 e. The molecule has 0 saturated carbocycles. The fraction of sp³-hybridized carbons (Fsp3) is 0.394. The first-order valence-electron chi connectivity index (χ1n) is 15.5. The number of nitrogens with two attached hydrogens (primary N) is 1. The molecule has 1 saturated heterocycles. The van der Waals surface area contributed by atoms with Gasteiger partial charge in [-0.15, -0.1) is 0 Å². The lowest BCUT2D eigenvalue weighted by molar-refractivity contribution is -0.155. The third-order valence-electron chi connectivity index (χ3n) is 8.13. The molecule has 2 aliphatic heterocycles. The number of esters is 1. The number of hydrogen-bond donors (Lipinski definition) is 1. The highest BCUT2D eigenvalue weighted by molar-refractivity contribution is 6.33. The van der Waals surface area contributed by atoms with Crippen LogP contribution < -0.4 is 15.4 Å². The first-order chi connectivity index (χ1) is 23.2. The number of fused-ring (bicyclic) bond motifs is 2. The van der Waals surface area contributed by atoms with E-state index in [9.17, 15) is 27.6 Å². The monoisotopic (exact) mass is 699 g/mol. The Morgan fingerprint density at radius 2 is 1.88 bits per heavy atom. The van der Waals surface area contributed by atoms with Crippen LogP contribution in [-0.4, -0.2) is 79.9 Å². The summed E-state index contributed by atoms with van der Waals surface area (Å²) < 4.78 is 50.8. The summed E-state index contributed by atoms with van der Waals surface area (Å²) in [4.78, 5) is 50.2. The number of rotatable bonds is 11. The summed E-state index contributed by atoms with van der Waals surface area (Å²) in [5, 5.41) is 5.17. The average Bonchev–Trinajstić information content (AvgIpc) is 3.54. The van der Waals surface area contributed by atoms with Crippen LogP contribution in [-0.2, 0) is 27.4 Å². The fourth-order valence-corrected chi connectivity index (χ4v) is 6.18. The number of aromatic nitrogens is 4. The first-order valence-corrected chi connectivity index (χ1v) is 15.8. The van der Waals surface area contributed by atoms with Gasteiger partial charge in [-0.25, -0.2) is 14.1 Å². The van der Waals surface area contributed by atoms with Gasteiger partial charge >= 0.3 is 12.6 Å². The summed E-state index contributed by atoms with van der Waals surface area (Å²) in [6.45, 7) is 2.81. The number of primary amides is 1. The van der Waals surface area contributed by atoms with E-state index in [0.29, 0.717) is 33.5 Å². The van der Waals surface area contributed by atoms with E-state index in [4.69, 9.17) is 27.1 Å². The molecule has 1 fully saturated rings. The van der Waals surface area contributed by atoms with Crippen molar-refractivity contribution < 1.29 is 37.0 Å². The van der Waals surface area contributed by atoms with Gasteiger partial charge in [-0.1, -0.05) is 23.7 Å². The van der Waals surface area contributed by atoms with Crippen molar-refractivity contribution in [1.29, 1.82) is 0 Å². The van der Waals surface area contributed by atoms with Crippen molar-refractivity contribution in [2.24, 2.45) is 5.73 Å². The zero-order chi connectivity index (χ0) is 35.2. The predicted molar refractivity (Wildman–Crippen MR) is 173 cm³/mol. The van der Waals surface area contributed by atoms with Crippen LogP contribution in [0.3, 0.4) is 0 Å². The highest BCUT2D eigenvalue weighted by Gasteiger charge is 2.36. The predicted octanol–water partition coefficient (Wildman–Crippen LogP) is 4.89. The van der Waals surface area contributed by atoms with Gasteiger partial charge in [-0.05, 0) is 50.5 Å². The minimum atomic E-state index is -3.05. The van der Waals surface area contributed by atoms with Gasteiger partial charge in [-0.3, -0.25) is 19.4 Å². The number of nitrogens with zero attached hydrogens (tertiary/aromatic N) is 6. The van der Waals surface area contributed by atoms with Crippen LogP contribution in [0.25, 0.3) is 22.3 Å². The standard InChI is InChI=1S/C33H33ClF3N7O5/c1-33(2,3)49-27(45)7-6-25(29(38)46)43-14-18-8-17(4-5-21(18)31(43)47)13-44-30-23(12-40-44)22(10-26(41-30)42-15-19(35)16-42)28-24(34)9-20(11-39-28)48-32(36)37/h4-5,8-12,19,25,32H,6-7,13-16H2,1-3H3,(H2,38,46)/t25-/m0/s1. The molecule has 1 atom stereocenters. The van der Waals surface area contributed by atoms with Crippen molar-refractivity contribution >= 4 is 46.2 Å². The summed E-state index contributed by atoms with van der Waals surface area (Å²) in [6.07, 6.45) is 1.65. The molecule has 2 amide bonds. The van der Waals surface area contributed by atoms with Crippen LogP contribution in [0, 0.1) is 0 Å². The van der Waals surface area contributed by atoms with Crippen LogP contribution in [0.2, 0.25) is 5.02 Å². The number of hydrogen-bond acceptors (Lipinski definition) is 9. The van der Waals surface area contributed by atoms with E-state index in [1.165, 1.54) is 11.0 Å². The first kappa shape index (κ1) is 34.0. The van der Waals surface area contributed by atoms with Gasteiger partial charge < -0.3 is 25.0 Å². The molecule has 12 nitrogen and oxygen atoms in total. The number of alkyl halides is 3. The molecule has 5 heterocycles. The molecule has 258 valence electrons. The maximum absolute atomic E-state index is 13.8. The second-order valence-corrected chi connectivity index (χ2v) is 13.3. The van der Waals surface area contributed by atoms with Gasteiger partial charge in [-0.2, -0.15) is 13.9 Å². The Kier molecular flexibility index (Phi) is 9.13. The number of carbonyl (C=O) groups excluding carboxylic acids is 3. The van der Waals surface area contributed by atoms with E-state index in [2.05, 4.69) is 14.8 Å². The van der Waals surface area contributed by atoms with Crippen molar-refractivity contribution in [2.75, 3.05) is 18.0 Å². The molecule has 2 N–H and O–H groups in total. The molecular weight excluding hydrogens is 667 g/mol. The molecule has 0 spiro atoms. The van der Waals surface area contributed by atoms with Crippen LogP contribution >= 0.6 is 11.6 Å². The van der Waals surface area contributed by atoms with Crippen LogP contribution in [0.4, 0.5) is 19.0 Å². The quantitative estimate of drug-likeness (QED) is 0.216. The van der Waals surface area contributed by atoms with Crippen molar-refractivity contribution in [3.8, 4) is 17.0 Å². The van der Waals surface area contributed by atoms with Gasteiger partial charge in [0.05, 0.1) is 42.7 Å². The molecule has 1 aromatic carbocycles. The molecule has 49 heavy (non-hydrogen) atoms. The third kappa shape index (κ3) is 7.26. The number of pyridine rings is 2. The Balaban J connectivity index is 1.27. The van der Waals surface area contributed by atoms with E-state index in [1.807, 2.05) is 6.07 Å². The Morgan fingerprint density at radius 3 is 2.53 bits per heavy atom. The number of halogens is 4. The highest BCUT2D eigenvalue weighted by atomic mass is 35.5. The maximum Gasteiger partial charge on any atom is 0.387 e. The minimum absolute atomic E-state index is 0.0213. The lowest BCUT2D eigenvalue weighted by Crippen LogP contribution is -2.48. The molecule has 3 aromatic heterocycles. The lowest BCUT2D eigenvalue weighted by atomic mass is 10.1. The average molecular weight is 700 g/mol. The molecular formula is C33H33ClF3N7O5. The van der Waals surface area contributed by atoms with E-state index < -0.39 is 36.3 Å². The number of benzene rings is 1. The molecule has 16 heteroatoms. The van der Waals surface area contributed by atoms with Gasteiger partial charge in [0.25, 0.3) is 5.91 Å². The molecule has 0 bridgehead atoms. The second-order valence-electron chi connectivity index (χ2n) is 12.9. The summed E-state index contributed by atoms with van der Waals surface area (Å²) in [5.74, 6) is -1.33. The number of carbonyl (C=O) groups is 3. The fourth-order valence-electron chi connectivity index (χ4n) is 5.92. The molecule has 4 aromatic rings. The Hall–Kier alpha value is -4.92. The summed E-state index contributed by atoms with van der Waals surface area (Å²) >= 11 is 6.48. The summed E-state index contributed by atoms with van der Waals surface area (Å²) in [5.41, 5.74) is 8.07. The van der Waals surface area contributed by atoms with Gasteiger partial charge in [0.15, 0.2) is 5.65 Å². The SMILES string of the molecule is CC(C)(C)OC(=O)CC[C@@H](C(N)=O)N1Cc2cc(Cn3ncc4c(-c5ncc(OC(F)F)cc5Cl)cc(N5CC(F)C5)nc43)ccc2C1=O. The molecule has 2 aliphatic rings. The Bertz CT molecular complexity index is 1940. The smallest absolute Gasteiger partial charge is 0.387 e. The molecule has 6 rings (SSSR count). The van der Waals surface area contributed by atoms with E-state index in [0.717, 1.165) is 11.8 Å². The molecule has 0 radical (unpaired) electrons. The van der Waals surface area contributed by atoms with Crippen LogP contribution in [0.15, 0.2) is 42.7 Å². The van der Waals surface area contributed by atoms with Gasteiger partial charge in [0, 0.05) is 35.5 Å². The zero-order valence-electron chi connectivity index (χ0n) is 26.8. The zero-order valence-corrected chi connectivity index (χ0v) is 27.6. The molecule has 0 aliphatic carbocycles. The van der Waals surface area contributed by atoms with E-state index >= 15 is 0 Å². The Morgan fingerprint density at radius 1 is 1.12 bits per heavy atom. The largest absolute Gasteiger partial charge is 0.460 e. The highest BCUT2D eigenvalue weighted by Crippen LogP contribution is 2.37. The maximum atomic E-state index is 13.8. The van der Waals surface area contributed by atoms with Crippen molar-refractivity contribution in [3.63, 3.8) is 0 Å². The van der Waals surface area contributed by atoms with Gasteiger partial charge in [0.1, 0.15) is 29.4 Å². The molecule has 0 unspecified atom stereocenters. The van der Waals surface area contributed by atoms with Crippen LogP contribution in [0.5, 0.6) is 5.75 Å². The number of anilines is 1. The van der Waals surface area contributed by atoms with Crippen LogP contribution in [0.1, 0.15) is 55.1 Å². The van der Waals surface area contributed by atoms with Crippen molar-refractivity contribution in [3.05, 3.63) is 64.4 Å². The van der Waals surface area contributed by atoms with Crippen molar-refractivity contribution in [1.82, 2.24) is 24.6 Å². The normalized spacial score (nSPS) is 15.5. The third-order valence-corrected chi connectivity index (χ3v) is 8.42. The topological polar surface area (TPSA) is 146 Å². The van der Waals surface area contributed by atoms with E-state index in [1.54, 1.807) is 54.7 Å². The number of ether oxygens (including phenoxy) is 2. The lowest BCUT2D eigenvalue weighted by Gasteiger charge is -2.35. The second kappa shape index (κ2) is 13.2. The Labute approximate surface area is 283 Å². The van der Waals surface area contributed by atoms with Gasteiger partial charge in [0.2, 0.25) is 5.91 Å². The summed E-state index contributed by atoms with van der Waals surface area (Å²) in [6, 6.07) is 7.21. The summed E-state index contributed by atoms with van der Waals surface area (Å²) in [7, 11) is 0. The number of amides is 2. The van der Waals surface area contributed by atoms with E-state index in [-0.39, 0.29) is 61.4 Å².